The van der Waals surface area contributed by atoms with Gasteiger partial charge < -0.3 is 16.4 Å². The number of nitrogens with one attached hydrogen (secondary N) is 2. The summed E-state index contributed by atoms with van der Waals surface area (Å²) in [7, 11) is 0. The van der Waals surface area contributed by atoms with Gasteiger partial charge in [-0.3, -0.25) is 9.59 Å². The molecule has 6 heteroatoms. The molecule has 0 aliphatic heterocycles. The minimum atomic E-state index is 0. The van der Waals surface area contributed by atoms with Gasteiger partial charge in [-0.25, -0.2) is 0 Å². The van der Waals surface area contributed by atoms with Gasteiger partial charge in [0.25, 0.3) is 0 Å². The minimum absolute atomic E-state index is 0. The second-order valence-electron chi connectivity index (χ2n) is 5.38. The summed E-state index contributed by atoms with van der Waals surface area (Å²) in [4.78, 5) is 23.1. The number of rotatable bonds is 7. The molecule has 0 aromatic rings. The van der Waals surface area contributed by atoms with Crippen LogP contribution < -0.4 is 16.4 Å². The van der Waals surface area contributed by atoms with Crippen molar-refractivity contribution in [2.75, 3.05) is 6.54 Å². The number of halogens is 1. The van der Waals surface area contributed by atoms with Crippen molar-refractivity contribution in [1.29, 1.82) is 0 Å². The van der Waals surface area contributed by atoms with E-state index in [0.717, 1.165) is 32.1 Å². The zero-order valence-electron chi connectivity index (χ0n) is 12.3. The van der Waals surface area contributed by atoms with E-state index in [1.54, 1.807) is 0 Å². The summed E-state index contributed by atoms with van der Waals surface area (Å²) >= 11 is 0. The molecular weight excluding hydrogens is 278 g/mol. The first-order valence-electron chi connectivity index (χ1n) is 7.43. The van der Waals surface area contributed by atoms with Crippen LogP contribution in [0, 0.1) is 0 Å². The lowest BCUT2D eigenvalue weighted by Crippen LogP contribution is -2.40. The first kappa shape index (κ1) is 19.2. The molecule has 20 heavy (non-hydrogen) atoms. The second kappa shape index (κ2) is 10.9. The summed E-state index contributed by atoms with van der Waals surface area (Å²) in [5.41, 5.74) is 5.82. The van der Waals surface area contributed by atoms with Gasteiger partial charge in [0.05, 0.1) is 0 Å². The molecule has 0 atom stereocenters. The third-order valence-corrected chi connectivity index (χ3v) is 3.52. The molecule has 0 unspecified atom stereocenters. The van der Waals surface area contributed by atoms with E-state index in [-0.39, 0.29) is 30.3 Å². The Morgan fingerprint density at radius 1 is 1.10 bits per heavy atom. The number of nitrogens with two attached hydrogens (primary N) is 1. The van der Waals surface area contributed by atoms with Gasteiger partial charge in [0, 0.05) is 31.5 Å². The molecule has 1 aliphatic rings. The Balaban J connectivity index is 0.00000361. The minimum Gasteiger partial charge on any atom is -0.356 e. The lowest BCUT2D eigenvalue weighted by atomic mass is 9.92. The second-order valence-corrected chi connectivity index (χ2v) is 5.38. The monoisotopic (exact) mass is 305 g/mol. The van der Waals surface area contributed by atoms with Crippen molar-refractivity contribution in [3.63, 3.8) is 0 Å². The van der Waals surface area contributed by atoms with Crippen LogP contribution in [0.4, 0.5) is 0 Å². The van der Waals surface area contributed by atoms with Gasteiger partial charge in [0.2, 0.25) is 11.8 Å². The third kappa shape index (κ3) is 8.38. The summed E-state index contributed by atoms with van der Waals surface area (Å²) in [5, 5.41) is 5.84. The molecule has 1 fully saturated rings. The molecule has 0 saturated heterocycles. The molecule has 4 N–H and O–H groups in total. The lowest BCUT2D eigenvalue weighted by Gasteiger charge is -2.26. The molecule has 0 spiro atoms. The van der Waals surface area contributed by atoms with Gasteiger partial charge in [-0.1, -0.05) is 6.92 Å². The predicted molar refractivity (Wildman–Crippen MR) is 82.8 cm³/mol. The molecule has 0 heterocycles. The van der Waals surface area contributed by atoms with E-state index in [1.807, 2.05) is 6.92 Å². The maximum Gasteiger partial charge on any atom is 0.220 e. The van der Waals surface area contributed by atoms with E-state index in [9.17, 15) is 9.59 Å². The highest BCUT2D eigenvalue weighted by molar-refractivity contribution is 5.85. The molecule has 0 aromatic carbocycles. The topological polar surface area (TPSA) is 84.2 Å². The number of carbonyl (C=O) groups is 2. The van der Waals surface area contributed by atoms with Gasteiger partial charge in [-0.05, 0) is 38.5 Å². The normalized spacial score (nSPS) is 21.7. The van der Waals surface area contributed by atoms with Gasteiger partial charge >= 0.3 is 0 Å². The number of amides is 2. The van der Waals surface area contributed by atoms with Crippen LogP contribution in [0.25, 0.3) is 0 Å². The maximum absolute atomic E-state index is 11.7. The van der Waals surface area contributed by atoms with E-state index in [2.05, 4.69) is 10.6 Å². The Kier molecular flexibility index (Phi) is 10.5. The summed E-state index contributed by atoms with van der Waals surface area (Å²) < 4.78 is 0. The lowest BCUT2D eigenvalue weighted by molar-refractivity contribution is -0.123. The predicted octanol–water partition coefficient (Wildman–Crippen LogP) is 1.49. The summed E-state index contributed by atoms with van der Waals surface area (Å²) in [6.07, 6.45) is 6.36. The van der Waals surface area contributed by atoms with Crippen LogP contribution in [0.3, 0.4) is 0 Å². The summed E-state index contributed by atoms with van der Waals surface area (Å²) in [5.74, 6) is 0.0991. The van der Waals surface area contributed by atoms with E-state index in [4.69, 9.17) is 5.73 Å². The Morgan fingerprint density at radius 2 is 1.70 bits per heavy atom. The summed E-state index contributed by atoms with van der Waals surface area (Å²) in [6.45, 7) is 2.73. The number of hydrogen-bond donors (Lipinski definition) is 3. The average molecular weight is 306 g/mol. The van der Waals surface area contributed by atoms with Crippen molar-refractivity contribution in [3.8, 4) is 0 Å². The highest BCUT2D eigenvalue weighted by atomic mass is 35.5. The molecule has 2 amide bonds. The molecule has 118 valence electrons. The fourth-order valence-corrected chi connectivity index (χ4v) is 2.33. The highest BCUT2D eigenvalue weighted by Crippen LogP contribution is 2.17. The van der Waals surface area contributed by atoms with Crippen molar-refractivity contribution in [2.24, 2.45) is 5.73 Å². The van der Waals surface area contributed by atoms with Crippen LogP contribution in [-0.2, 0) is 9.59 Å². The van der Waals surface area contributed by atoms with Gasteiger partial charge in [0.15, 0.2) is 0 Å². The SMILES string of the molecule is CCCNC(=O)CCCC(=O)NC1CCC(N)CC1.Cl. The third-order valence-electron chi connectivity index (χ3n) is 3.52. The smallest absolute Gasteiger partial charge is 0.220 e. The Hall–Kier alpha value is -0.810. The van der Waals surface area contributed by atoms with Crippen LogP contribution in [-0.4, -0.2) is 30.4 Å². The Labute approximate surface area is 127 Å². The molecule has 0 aromatic heterocycles. The van der Waals surface area contributed by atoms with Gasteiger partial charge in [-0.2, -0.15) is 0 Å². The van der Waals surface area contributed by atoms with Crippen LogP contribution in [0.1, 0.15) is 58.3 Å². The molecule has 1 rings (SSSR count). The van der Waals surface area contributed by atoms with Gasteiger partial charge in [0.1, 0.15) is 0 Å². The first-order chi connectivity index (χ1) is 9.11. The number of carbonyl (C=O) groups excluding carboxylic acids is 2. The highest BCUT2D eigenvalue weighted by Gasteiger charge is 2.19. The van der Waals surface area contributed by atoms with E-state index >= 15 is 0 Å². The van der Waals surface area contributed by atoms with Crippen LogP contribution >= 0.6 is 12.4 Å². The maximum atomic E-state index is 11.7. The standard InChI is InChI=1S/C14H27N3O2.ClH/c1-2-10-16-13(18)4-3-5-14(19)17-12-8-6-11(15)7-9-12;/h11-12H,2-10,15H2,1H3,(H,16,18)(H,17,19);1H. The number of hydrogen-bond acceptors (Lipinski definition) is 3. The van der Waals surface area contributed by atoms with Crippen LogP contribution in [0.5, 0.6) is 0 Å². The zero-order chi connectivity index (χ0) is 14.1. The van der Waals surface area contributed by atoms with Crippen molar-refractivity contribution in [2.45, 2.75) is 70.4 Å². The van der Waals surface area contributed by atoms with Crippen molar-refractivity contribution >= 4 is 24.2 Å². The average Bonchev–Trinajstić information content (AvgIpc) is 2.39. The van der Waals surface area contributed by atoms with E-state index < -0.39 is 0 Å². The van der Waals surface area contributed by atoms with Crippen molar-refractivity contribution in [1.82, 2.24) is 10.6 Å². The molecule has 0 bridgehead atoms. The van der Waals surface area contributed by atoms with Gasteiger partial charge in [-0.15, -0.1) is 12.4 Å². The van der Waals surface area contributed by atoms with E-state index in [0.29, 0.717) is 31.8 Å². The molecule has 5 nitrogen and oxygen atoms in total. The van der Waals surface area contributed by atoms with E-state index in [1.165, 1.54) is 0 Å². The van der Waals surface area contributed by atoms with Crippen LogP contribution in [0.15, 0.2) is 0 Å². The largest absolute Gasteiger partial charge is 0.356 e. The fourth-order valence-electron chi connectivity index (χ4n) is 2.33. The molecule has 0 radical (unpaired) electrons. The Bertz CT molecular complexity index is 292. The van der Waals surface area contributed by atoms with Crippen molar-refractivity contribution < 1.29 is 9.59 Å². The zero-order valence-corrected chi connectivity index (χ0v) is 13.1. The molecule has 1 aliphatic carbocycles. The Morgan fingerprint density at radius 3 is 2.30 bits per heavy atom. The quantitative estimate of drug-likeness (QED) is 0.666. The molecular formula is C14H28ClN3O2. The summed E-state index contributed by atoms with van der Waals surface area (Å²) in [6, 6.07) is 0.580. The van der Waals surface area contributed by atoms with Crippen LogP contribution in [0.2, 0.25) is 0 Å². The fraction of sp³-hybridized carbons (Fsp3) is 0.857. The first-order valence-corrected chi connectivity index (χ1v) is 7.43. The van der Waals surface area contributed by atoms with Crippen molar-refractivity contribution in [3.05, 3.63) is 0 Å². The molecule has 1 saturated carbocycles.